The van der Waals surface area contributed by atoms with Crippen LogP contribution in [0.2, 0.25) is 0 Å². The molecule has 0 fully saturated rings. The van der Waals surface area contributed by atoms with Gasteiger partial charge in [-0.2, -0.15) is 0 Å². The minimum atomic E-state index is -3.27. The van der Waals surface area contributed by atoms with E-state index in [0.29, 0.717) is 30.4 Å². The molecule has 0 aliphatic heterocycles. The van der Waals surface area contributed by atoms with E-state index < -0.39 is 10.0 Å². The minimum absolute atomic E-state index is 0.00779. The lowest BCUT2D eigenvalue weighted by Gasteiger charge is -2.09. The maximum Gasteiger partial charge on any atom is 0.213 e. The van der Waals surface area contributed by atoms with Gasteiger partial charge in [0.05, 0.1) is 11.1 Å². The summed E-state index contributed by atoms with van der Waals surface area (Å²) >= 11 is 0. The van der Waals surface area contributed by atoms with E-state index in [1.54, 1.807) is 13.8 Å². The predicted octanol–water partition coefficient (Wildman–Crippen LogP) is 0.878. The molecule has 0 saturated carbocycles. The first-order chi connectivity index (χ1) is 9.76. The molecule has 0 aliphatic carbocycles. The second-order valence-corrected chi connectivity index (χ2v) is 6.96. The highest BCUT2D eigenvalue weighted by atomic mass is 32.2. The Bertz CT molecular complexity index is 780. The molecular formula is C13H21N5O2S. The molecule has 0 amide bonds. The van der Waals surface area contributed by atoms with Crippen LogP contribution in [-0.4, -0.2) is 35.3 Å². The normalized spacial score (nSPS) is 12.2. The van der Waals surface area contributed by atoms with Gasteiger partial charge in [-0.25, -0.2) is 23.1 Å². The van der Waals surface area contributed by atoms with E-state index in [4.69, 9.17) is 5.73 Å². The molecule has 0 radical (unpaired) electrons. The maximum atomic E-state index is 11.8. The van der Waals surface area contributed by atoms with Gasteiger partial charge >= 0.3 is 0 Å². The number of rotatable bonds is 5. The van der Waals surface area contributed by atoms with Crippen molar-refractivity contribution in [2.24, 2.45) is 0 Å². The average Bonchev–Trinajstić information content (AvgIpc) is 2.59. The van der Waals surface area contributed by atoms with Crippen molar-refractivity contribution in [3.8, 4) is 0 Å². The van der Waals surface area contributed by atoms with Gasteiger partial charge in [-0.1, -0.05) is 6.92 Å². The van der Waals surface area contributed by atoms with Crippen molar-refractivity contribution < 1.29 is 8.42 Å². The van der Waals surface area contributed by atoms with Crippen molar-refractivity contribution in [3.05, 3.63) is 17.1 Å². The van der Waals surface area contributed by atoms with Gasteiger partial charge in [0.25, 0.3) is 0 Å². The van der Waals surface area contributed by atoms with Gasteiger partial charge in [0.1, 0.15) is 17.3 Å². The summed E-state index contributed by atoms with van der Waals surface area (Å²) < 4.78 is 28.0. The predicted molar refractivity (Wildman–Crippen MR) is 83.6 cm³/mol. The first kappa shape index (κ1) is 15.7. The van der Waals surface area contributed by atoms with Crippen molar-refractivity contribution in [1.82, 2.24) is 19.3 Å². The maximum absolute atomic E-state index is 11.8. The number of fused-ring (bicyclic) bond motifs is 1. The molecule has 0 atom stereocenters. The summed E-state index contributed by atoms with van der Waals surface area (Å²) in [5, 5.41) is 0.805. The number of sulfonamides is 1. The van der Waals surface area contributed by atoms with E-state index in [-0.39, 0.29) is 5.75 Å². The summed E-state index contributed by atoms with van der Waals surface area (Å²) in [6.07, 6.45) is 0. The lowest BCUT2D eigenvalue weighted by atomic mass is 10.2. The third kappa shape index (κ3) is 3.01. The van der Waals surface area contributed by atoms with E-state index in [9.17, 15) is 8.42 Å². The summed E-state index contributed by atoms with van der Waals surface area (Å²) in [4.78, 5) is 8.60. The molecule has 0 saturated heterocycles. The SMILES string of the molecule is CCNS(=O)(=O)CCn1c(C)c(C)c2c(N)nc(C)nc21. The number of aromatic nitrogens is 3. The zero-order valence-electron chi connectivity index (χ0n) is 12.8. The van der Waals surface area contributed by atoms with Crippen LogP contribution in [0.25, 0.3) is 11.0 Å². The number of nitrogens with zero attached hydrogens (tertiary/aromatic N) is 3. The molecule has 8 heteroatoms. The third-order valence-corrected chi connectivity index (χ3v) is 5.00. The van der Waals surface area contributed by atoms with E-state index in [0.717, 1.165) is 16.6 Å². The Morgan fingerprint density at radius 3 is 2.52 bits per heavy atom. The molecule has 7 nitrogen and oxygen atoms in total. The van der Waals surface area contributed by atoms with Crippen LogP contribution >= 0.6 is 0 Å². The number of nitrogen functional groups attached to an aromatic ring is 1. The van der Waals surface area contributed by atoms with Crippen LogP contribution in [0.5, 0.6) is 0 Å². The van der Waals surface area contributed by atoms with E-state index in [2.05, 4.69) is 14.7 Å². The van der Waals surface area contributed by atoms with Crippen molar-refractivity contribution in [2.45, 2.75) is 34.2 Å². The van der Waals surface area contributed by atoms with Gasteiger partial charge in [0.2, 0.25) is 10.0 Å². The fourth-order valence-corrected chi connectivity index (χ4v) is 3.46. The molecule has 2 rings (SSSR count). The summed E-state index contributed by atoms with van der Waals surface area (Å²) in [6, 6.07) is 0. The number of hydrogen-bond donors (Lipinski definition) is 2. The van der Waals surface area contributed by atoms with Crippen LogP contribution in [0.3, 0.4) is 0 Å². The van der Waals surface area contributed by atoms with Crippen LogP contribution in [-0.2, 0) is 16.6 Å². The zero-order valence-corrected chi connectivity index (χ0v) is 13.6. The Hall–Kier alpha value is -1.67. The smallest absolute Gasteiger partial charge is 0.213 e. The monoisotopic (exact) mass is 311 g/mol. The molecule has 0 aromatic carbocycles. The molecule has 0 aliphatic rings. The van der Waals surface area contributed by atoms with Crippen LogP contribution < -0.4 is 10.5 Å². The molecule has 2 aromatic rings. The topological polar surface area (TPSA) is 103 Å². The second kappa shape index (κ2) is 5.61. The number of nitrogens with two attached hydrogens (primary N) is 1. The first-order valence-electron chi connectivity index (χ1n) is 6.83. The number of aryl methyl sites for hydroxylation is 3. The van der Waals surface area contributed by atoms with Crippen molar-refractivity contribution in [3.63, 3.8) is 0 Å². The van der Waals surface area contributed by atoms with E-state index >= 15 is 0 Å². The molecule has 0 unspecified atom stereocenters. The molecule has 2 heterocycles. The van der Waals surface area contributed by atoms with E-state index in [1.807, 2.05) is 18.4 Å². The highest BCUT2D eigenvalue weighted by Crippen LogP contribution is 2.27. The largest absolute Gasteiger partial charge is 0.383 e. The lowest BCUT2D eigenvalue weighted by Crippen LogP contribution is -2.28. The van der Waals surface area contributed by atoms with Crippen LogP contribution in [0.15, 0.2) is 0 Å². The first-order valence-corrected chi connectivity index (χ1v) is 8.49. The van der Waals surface area contributed by atoms with Gasteiger partial charge in [-0.3, -0.25) is 0 Å². The number of anilines is 1. The fourth-order valence-electron chi connectivity index (χ4n) is 2.45. The third-order valence-electron chi connectivity index (χ3n) is 3.56. The molecule has 0 bridgehead atoms. The van der Waals surface area contributed by atoms with Gasteiger partial charge in [-0.05, 0) is 26.3 Å². The standard InChI is InChI=1S/C13H21N5O2S/c1-5-15-21(19,20)7-6-18-9(3)8(2)11-12(14)16-10(4)17-13(11)18/h15H,5-7H2,1-4H3,(H2,14,16,17). The number of hydrogen-bond acceptors (Lipinski definition) is 5. The van der Waals surface area contributed by atoms with Gasteiger partial charge in [0.15, 0.2) is 0 Å². The van der Waals surface area contributed by atoms with E-state index in [1.165, 1.54) is 0 Å². The van der Waals surface area contributed by atoms with Crippen LogP contribution in [0, 0.1) is 20.8 Å². The Kier molecular flexibility index (Phi) is 4.20. The van der Waals surface area contributed by atoms with Crippen molar-refractivity contribution >= 4 is 26.9 Å². The molecule has 21 heavy (non-hydrogen) atoms. The highest BCUT2D eigenvalue weighted by molar-refractivity contribution is 7.89. The average molecular weight is 311 g/mol. The number of nitrogens with one attached hydrogen (secondary N) is 1. The molecule has 3 N–H and O–H groups in total. The zero-order chi connectivity index (χ0) is 15.8. The Morgan fingerprint density at radius 2 is 1.90 bits per heavy atom. The summed E-state index contributed by atoms with van der Waals surface area (Å²) in [6.45, 7) is 8.14. The molecule has 116 valence electrons. The quantitative estimate of drug-likeness (QED) is 0.853. The van der Waals surface area contributed by atoms with Crippen molar-refractivity contribution in [2.75, 3.05) is 18.0 Å². The molecule has 2 aromatic heterocycles. The van der Waals surface area contributed by atoms with Gasteiger partial charge in [0, 0.05) is 18.8 Å². The van der Waals surface area contributed by atoms with Gasteiger partial charge < -0.3 is 10.3 Å². The lowest BCUT2D eigenvalue weighted by molar-refractivity contribution is 0.577. The second-order valence-electron chi connectivity index (χ2n) is 5.03. The van der Waals surface area contributed by atoms with Crippen LogP contribution in [0.4, 0.5) is 5.82 Å². The van der Waals surface area contributed by atoms with Crippen molar-refractivity contribution in [1.29, 1.82) is 0 Å². The van der Waals surface area contributed by atoms with Gasteiger partial charge in [-0.15, -0.1) is 0 Å². The molecular weight excluding hydrogens is 290 g/mol. The molecule has 0 spiro atoms. The van der Waals surface area contributed by atoms with Crippen LogP contribution in [0.1, 0.15) is 24.0 Å². The summed E-state index contributed by atoms with van der Waals surface area (Å²) in [5.41, 5.74) is 8.62. The minimum Gasteiger partial charge on any atom is -0.383 e. The Labute approximate surface area is 124 Å². The Balaban J connectivity index is 2.47. The fraction of sp³-hybridized carbons (Fsp3) is 0.538. The summed E-state index contributed by atoms with van der Waals surface area (Å²) in [5.74, 6) is 1.02. The Morgan fingerprint density at radius 1 is 1.24 bits per heavy atom. The highest BCUT2D eigenvalue weighted by Gasteiger charge is 2.18. The summed E-state index contributed by atoms with van der Waals surface area (Å²) in [7, 11) is -3.27.